The zero-order valence-corrected chi connectivity index (χ0v) is 13.5. The first-order valence-corrected chi connectivity index (χ1v) is 7.59. The first kappa shape index (κ1) is 18.8. The molecule has 0 aromatic heterocycles. The topological polar surface area (TPSA) is 38.3 Å². The fraction of sp³-hybridized carbons (Fsp3) is 0.278. The Bertz CT molecular complexity index is 727. The fourth-order valence-corrected chi connectivity index (χ4v) is 2.26. The second-order valence-electron chi connectivity index (χ2n) is 5.44. The zero-order chi connectivity index (χ0) is 18.4. The third-order valence-electron chi connectivity index (χ3n) is 3.60. The van der Waals surface area contributed by atoms with E-state index in [-0.39, 0.29) is 6.42 Å². The van der Waals surface area contributed by atoms with E-state index in [2.05, 4.69) is 5.32 Å². The minimum Gasteiger partial charge on any atom is -0.497 e. The molecule has 0 heterocycles. The molecule has 0 spiro atoms. The van der Waals surface area contributed by atoms with Gasteiger partial charge in [0.25, 0.3) is 0 Å². The molecule has 2 rings (SSSR count). The van der Waals surface area contributed by atoms with E-state index in [4.69, 9.17) is 4.74 Å². The second-order valence-corrected chi connectivity index (χ2v) is 5.44. The first-order chi connectivity index (χ1) is 11.8. The number of hydrogen-bond acceptors (Lipinski definition) is 2. The largest absolute Gasteiger partial charge is 0.497 e. The molecule has 0 aliphatic heterocycles. The average Bonchev–Trinajstić information content (AvgIpc) is 2.56. The van der Waals surface area contributed by atoms with Crippen LogP contribution in [0.25, 0.3) is 0 Å². The highest BCUT2D eigenvalue weighted by atomic mass is 19.4. The number of benzene rings is 2. The van der Waals surface area contributed by atoms with Gasteiger partial charge in [-0.3, -0.25) is 4.79 Å². The lowest BCUT2D eigenvalue weighted by molar-refractivity contribution is -0.137. The van der Waals surface area contributed by atoms with Gasteiger partial charge >= 0.3 is 6.18 Å². The molecule has 2 aromatic carbocycles. The quantitative estimate of drug-likeness (QED) is 0.755. The van der Waals surface area contributed by atoms with Crippen LogP contribution < -0.4 is 10.1 Å². The van der Waals surface area contributed by atoms with E-state index in [1.54, 1.807) is 19.2 Å². The van der Waals surface area contributed by atoms with Crippen LogP contribution >= 0.6 is 0 Å². The van der Waals surface area contributed by atoms with Crippen LogP contribution in [-0.2, 0) is 17.4 Å². The highest BCUT2D eigenvalue weighted by Gasteiger charge is 2.31. The van der Waals surface area contributed by atoms with Crippen molar-refractivity contribution in [3.8, 4) is 5.75 Å². The molecule has 0 unspecified atom stereocenters. The van der Waals surface area contributed by atoms with Gasteiger partial charge in [-0.25, -0.2) is 4.39 Å². The van der Waals surface area contributed by atoms with Crippen LogP contribution in [0.1, 0.15) is 24.0 Å². The van der Waals surface area contributed by atoms with E-state index in [1.807, 2.05) is 12.1 Å². The SMILES string of the molecule is COc1ccc(CCCC(=O)Nc2cc(C(F)(F)F)ccc2F)cc1. The molecule has 0 fully saturated rings. The van der Waals surface area contributed by atoms with Crippen LogP contribution in [-0.4, -0.2) is 13.0 Å². The summed E-state index contributed by atoms with van der Waals surface area (Å²) in [6, 6.07) is 9.24. The van der Waals surface area contributed by atoms with Crippen LogP contribution in [0.5, 0.6) is 5.75 Å². The number of nitrogens with one attached hydrogen (secondary N) is 1. The van der Waals surface area contributed by atoms with Crippen molar-refractivity contribution < 1.29 is 27.1 Å². The molecule has 0 aliphatic rings. The van der Waals surface area contributed by atoms with Gasteiger partial charge in [0.2, 0.25) is 5.91 Å². The van der Waals surface area contributed by atoms with Gasteiger partial charge in [0.15, 0.2) is 0 Å². The van der Waals surface area contributed by atoms with Gasteiger partial charge in [0.1, 0.15) is 11.6 Å². The maximum atomic E-state index is 13.6. The van der Waals surface area contributed by atoms with E-state index in [0.717, 1.165) is 11.3 Å². The molecule has 134 valence electrons. The molecule has 0 saturated heterocycles. The molecular weight excluding hydrogens is 338 g/mol. The summed E-state index contributed by atoms with van der Waals surface area (Å²) in [5.41, 5.74) is -0.481. The standard InChI is InChI=1S/C18H17F4NO2/c1-25-14-8-5-12(6-9-14)3-2-4-17(24)23-16-11-13(18(20,21)22)7-10-15(16)19/h5-11H,2-4H2,1H3,(H,23,24). The number of hydrogen-bond donors (Lipinski definition) is 1. The predicted molar refractivity (Wildman–Crippen MR) is 86.0 cm³/mol. The van der Waals surface area contributed by atoms with Crippen LogP contribution in [0.3, 0.4) is 0 Å². The Morgan fingerprint density at radius 3 is 2.40 bits per heavy atom. The number of alkyl halides is 3. The highest BCUT2D eigenvalue weighted by Crippen LogP contribution is 2.31. The number of methoxy groups -OCH3 is 1. The Morgan fingerprint density at radius 1 is 1.12 bits per heavy atom. The van der Waals surface area contributed by atoms with Crippen LogP contribution in [0.2, 0.25) is 0 Å². The number of amides is 1. The van der Waals surface area contributed by atoms with E-state index in [0.29, 0.717) is 31.0 Å². The minimum atomic E-state index is -4.60. The number of anilines is 1. The summed E-state index contributed by atoms with van der Waals surface area (Å²) >= 11 is 0. The molecule has 1 amide bonds. The Balaban J connectivity index is 1.89. The average molecular weight is 355 g/mol. The van der Waals surface area contributed by atoms with Crippen LogP contribution in [0.4, 0.5) is 23.2 Å². The summed E-state index contributed by atoms with van der Waals surface area (Å²) in [7, 11) is 1.56. The number of ether oxygens (including phenoxy) is 1. The van der Waals surface area contributed by atoms with Gasteiger partial charge in [-0.1, -0.05) is 12.1 Å². The third kappa shape index (κ3) is 5.48. The van der Waals surface area contributed by atoms with Crippen molar-refractivity contribution >= 4 is 11.6 Å². The van der Waals surface area contributed by atoms with E-state index < -0.39 is 29.2 Å². The molecule has 0 saturated carbocycles. The van der Waals surface area contributed by atoms with Crippen molar-refractivity contribution in [1.29, 1.82) is 0 Å². The van der Waals surface area contributed by atoms with Crippen LogP contribution in [0, 0.1) is 5.82 Å². The molecule has 0 bridgehead atoms. The number of rotatable bonds is 6. The molecule has 3 nitrogen and oxygen atoms in total. The molecule has 0 radical (unpaired) electrons. The van der Waals surface area contributed by atoms with Gasteiger partial charge < -0.3 is 10.1 Å². The van der Waals surface area contributed by atoms with Crippen molar-refractivity contribution in [2.75, 3.05) is 12.4 Å². The van der Waals surface area contributed by atoms with Crippen molar-refractivity contribution in [2.45, 2.75) is 25.4 Å². The smallest absolute Gasteiger partial charge is 0.416 e. The molecule has 1 N–H and O–H groups in total. The molecule has 25 heavy (non-hydrogen) atoms. The zero-order valence-electron chi connectivity index (χ0n) is 13.5. The lowest BCUT2D eigenvalue weighted by atomic mass is 10.1. The van der Waals surface area contributed by atoms with Crippen molar-refractivity contribution in [3.63, 3.8) is 0 Å². The number of halogens is 4. The van der Waals surface area contributed by atoms with E-state index >= 15 is 0 Å². The molecule has 0 atom stereocenters. The molecule has 7 heteroatoms. The van der Waals surface area contributed by atoms with Crippen molar-refractivity contribution in [2.24, 2.45) is 0 Å². The summed E-state index contributed by atoms with van der Waals surface area (Å²) < 4.78 is 56.5. The van der Waals surface area contributed by atoms with Gasteiger partial charge in [-0.15, -0.1) is 0 Å². The lowest BCUT2D eigenvalue weighted by Gasteiger charge is -2.11. The van der Waals surface area contributed by atoms with Gasteiger partial charge in [-0.05, 0) is 48.7 Å². The summed E-state index contributed by atoms with van der Waals surface area (Å²) in [6.45, 7) is 0. The van der Waals surface area contributed by atoms with Gasteiger partial charge in [-0.2, -0.15) is 13.2 Å². The Hall–Kier alpha value is -2.57. The number of aryl methyl sites for hydroxylation is 1. The van der Waals surface area contributed by atoms with Crippen molar-refractivity contribution in [3.05, 3.63) is 59.4 Å². The lowest BCUT2D eigenvalue weighted by Crippen LogP contribution is -2.14. The van der Waals surface area contributed by atoms with Crippen molar-refractivity contribution in [1.82, 2.24) is 0 Å². The summed E-state index contributed by atoms with van der Waals surface area (Å²) in [4.78, 5) is 11.8. The summed E-state index contributed by atoms with van der Waals surface area (Å²) in [5.74, 6) is -0.718. The highest BCUT2D eigenvalue weighted by molar-refractivity contribution is 5.90. The fourth-order valence-electron chi connectivity index (χ4n) is 2.26. The first-order valence-electron chi connectivity index (χ1n) is 7.59. The summed E-state index contributed by atoms with van der Waals surface area (Å²) in [6.07, 6.45) is -3.43. The maximum absolute atomic E-state index is 13.6. The van der Waals surface area contributed by atoms with E-state index in [9.17, 15) is 22.4 Å². The Labute approximate surface area is 142 Å². The molecular formula is C18H17F4NO2. The predicted octanol–water partition coefficient (Wildman–Crippen LogP) is 4.81. The monoisotopic (exact) mass is 355 g/mol. The van der Waals surface area contributed by atoms with Crippen LogP contribution in [0.15, 0.2) is 42.5 Å². The van der Waals surface area contributed by atoms with Gasteiger partial charge in [0.05, 0.1) is 18.4 Å². The normalized spacial score (nSPS) is 11.2. The minimum absolute atomic E-state index is 0.0711. The Morgan fingerprint density at radius 2 is 1.80 bits per heavy atom. The third-order valence-corrected chi connectivity index (χ3v) is 3.60. The molecule has 0 aliphatic carbocycles. The van der Waals surface area contributed by atoms with E-state index in [1.165, 1.54) is 0 Å². The van der Waals surface area contributed by atoms with Gasteiger partial charge in [0, 0.05) is 6.42 Å². The number of carbonyl (C=O) groups excluding carboxylic acids is 1. The molecule has 2 aromatic rings. The number of carbonyl (C=O) groups is 1. The summed E-state index contributed by atoms with van der Waals surface area (Å²) in [5, 5.41) is 2.19. The maximum Gasteiger partial charge on any atom is 0.416 e. The second kappa shape index (κ2) is 8.00. The Kier molecular flexibility index (Phi) is 6.01.